The molecule has 0 radical (unpaired) electrons. The highest BCUT2D eigenvalue weighted by atomic mass is 32.2. The lowest BCUT2D eigenvalue weighted by atomic mass is 10.1. The lowest BCUT2D eigenvalue weighted by molar-refractivity contribution is -0.0578. The van der Waals surface area contributed by atoms with Gasteiger partial charge in [0.25, 0.3) is 10.1 Å². The minimum Gasteiger partial charge on any atom is -0.479 e. The summed E-state index contributed by atoms with van der Waals surface area (Å²) in [5.41, 5.74) is 6.25. The average Bonchev–Trinajstić information content (AvgIpc) is 3.42. The van der Waals surface area contributed by atoms with Crippen LogP contribution >= 0.6 is 12.2 Å². The van der Waals surface area contributed by atoms with Crippen LogP contribution < -0.4 is 15.2 Å². The van der Waals surface area contributed by atoms with E-state index in [9.17, 15) is 13.2 Å². The van der Waals surface area contributed by atoms with E-state index in [1.165, 1.54) is 18.0 Å². The Hall–Kier alpha value is -3.80. The van der Waals surface area contributed by atoms with Crippen LogP contribution in [0, 0.1) is 0 Å². The molecule has 17 heteroatoms. The largest absolute Gasteiger partial charge is 0.508 e. The number of carbonyl (C=O) groups excluding carboxylic acids is 1. The van der Waals surface area contributed by atoms with Crippen molar-refractivity contribution in [3.8, 4) is 11.6 Å². The van der Waals surface area contributed by atoms with Crippen molar-refractivity contribution >= 4 is 50.8 Å². The number of benzene rings is 1. The molecule has 2 aromatic heterocycles. The number of rotatable bonds is 8. The molecule has 1 aliphatic heterocycles. The van der Waals surface area contributed by atoms with Crippen molar-refractivity contribution in [2.45, 2.75) is 24.5 Å². The van der Waals surface area contributed by atoms with Crippen molar-refractivity contribution in [1.29, 1.82) is 0 Å². The molecule has 1 saturated heterocycles. The van der Waals surface area contributed by atoms with Gasteiger partial charge in [0.05, 0.1) is 26.8 Å². The summed E-state index contributed by atoms with van der Waals surface area (Å²) in [5.74, 6) is 0.348. The quantitative estimate of drug-likeness (QED) is 0.231. The molecule has 0 aliphatic carbocycles. The van der Waals surface area contributed by atoms with Crippen LogP contribution in [0.4, 0.5) is 10.7 Å². The smallest absolute Gasteiger partial charge is 0.479 e. The van der Waals surface area contributed by atoms with E-state index in [0.29, 0.717) is 5.75 Å². The topological polar surface area (TPSA) is 185 Å². The first-order chi connectivity index (χ1) is 18.1. The molecule has 15 nitrogen and oxygen atoms in total. The third-order valence-corrected chi connectivity index (χ3v) is 5.91. The van der Waals surface area contributed by atoms with Gasteiger partial charge in [-0.1, -0.05) is 18.2 Å². The molecule has 2 N–H and O–H groups in total. The zero-order valence-corrected chi connectivity index (χ0v) is 21.9. The Bertz CT molecular complexity index is 1420. The maximum atomic E-state index is 12.2. The fourth-order valence-corrected chi connectivity index (χ4v) is 4.52. The third-order valence-electron chi connectivity index (χ3n) is 5.15. The van der Waals surface area contributed by atoms with Crippen LogP contribution in [0.2, 0.25) is 0 Å². The van der Waals surface area contributed by atoms with Crippen molar-refractivity contribution in [3.63, 3.8) is 0 Å². The summed E-state index contributed by atoms with van der Waals surface area (Å²) in [6.45, 7) is -0.456. The van der Waals surface area contributed by atoms with Gasteiger partial charge in [0.2, 0.25) is 11.8 Å². The highest BCUT2D eigenvalue weighted by Crippen LogP contribution is 2.37. The number of nitrogen functional groups attached to an aromatic ring is 1. The van der Waals surface area contributed by atoms with Crippen LogP contribution in [-0.2, 0) is 33.2 Å². The maximum Gasteiger partial charge on any atom is 0.508 e. The van der Waals surface area contributed by atoms with Gasteiger partial charge in [-0.05, 0) is 12.1 Å². The van der Waals surface area contributed by atoms with Gasteiger partial charge in [0.15, 0.2) is 23.5 Å². The molecule has 4 rings (SSSR count). The lowest BCUT2D eigenvalue weighted by Gasteiger charge is -2.24. The van der Waals surface area contributed by atoms with Crippen molar-refractivity contribution in [1.82, 2.24) is 19.5 Å². The van der Waals surface area contributed by atoms with Gasteiger partial charge >= 0.3 is 11.4 Å². The molecular weight excluding hydrogens is 546 g/mol. The summed E-state index contributed by atoms with van der Waals surface area (Å²) in [4.78, 5) is 24.1. The van der Waals surface area contributed by atoms with E-state index in [4.69, 9.17) is 45.8 Å². The van der Waals surface area contributed by atoms with Crippen LogP contribution in [0.3, 0.4) is 0 Å². The molecule has 1 fully saturated rings. The first-order valence-corrected chi connectivity index (χ1v) is 13.0. The summed E-state index contributed by atoms with van der Waals surface area (Å²) in [6, 6.07) is 8.52. The second-order valence-corrected chi connectivity index (χ2v) is 9.69. The van der Waals surface area contributed by atoms with Crippen LogP contribution in [-0.4, -0.2) is 84.7 Å². The predicted octanol–water partition coefficient (Wildman–Crippen LogP) is 1.19. The minimum absolute atomic E-state index is 0.0964. The summed E-state index contributed by atoms with van der Waals surface area (Å²) in [6.07, 6.45) is -3.81. The summed E-state index contributed by atoms with van der Waals surface area (Å²) in [7, 11) is -1.57. The van der Waals surface area contributed by atoms with E-state index in [1.54, 1.807) is 30.3 Å². The number of anilines is 1. The van der Waals surface area contributed by atoms with Crippen LogP contribution in [0.5, 0.6) is 11.6 Å². The number of nitrogens with two attached hydrogens (primary N) is 1. The van der Waals surface area contributed by atoms with Gasteiger partial charge in [0.1, 0.15) is 24.6 Å². The van der Waals surface area contributed by atoms with Crippen molar-refractivity contribution in [2.75, 3.05) is 32.8 Å². The highest BCUT2D eigenvalue weighted by Gasteiger charge is 2.51. The number of imidazole rings is 1. The van der Waals surface area contributed by atoms with Crippen molar-refractivity contribution in [3.05, 3.63) is 36.7 Å². The minimum atomic E-state index is -4.07. The molecule has 0 spiro atoms. The van der Waals surface area contributed by atoms with E-state index >= 15 is 0 Å². The number of hydrogen-bond donors (Lipinski definition) is 1. The first kappa shape index (κ1) is 27.2. The number of aromatic nitrogens is 4. The maximum absolute atomic E-state index is 12.2. The van der Waals surface area contributed by atoms with E-state index in [1.807, 2.05) is 0 Å². The third kappa shape index (κ3) is 6.18. The predicted molar refractivity (Wildman–Crippen MR) is 133 cm³/mol. The van der Waals surface area contributed by atoms with Gasteiger partial charge in [0, 0.05) is 12.2 Å². The number of hydrogen-bond acceptors (Lipinski definition) is 15. The molecule has 1 aliphatic rings. The molecule has 3 heterocycles. The number of carbonyl (C=O) groups is 1. The van der Waals surface area contributed by atoms with Gasteiger partial charge in [-0.3, -0.25) is 8.75 Å². The number of para-hydroxylation sites is 1. The Morgan fingerprint density at radius 1 is 1.18 bits per heavy atom. The SMILES string of the molecule is COC(=O)OC[C@H]1O[C@@H](n2cnc3c(OC)nc(N)nc32)[C@H](OC(=S)Oc2ccccc2)[C@H]1OS(C)(=O)=O. The highest BCUT2D eigenvalue weighted by molar-refractivity contribution is 7.86. The zero-order valence-electron chi connectivity index (χ0n) is 20.2. The van der Waals surface area contributed by atoms with E-state index in [0.717, 1.165) is 13.4 Å². The van der Waals surface area contributed by atoms with Crippen molar-refractivity contribution < 1.29 is 45.8 Å². The molecule has 0 bridgehead atoms. The molecule has 204 valence electrons. The van der Waals surface area contributed by atoms with E-state index in [-0.39, 0.29) is 28.2 Å². The molecule has 0 amide bonds. The molecule has 1 aromatic carbocycles. The van der Waals surface area contributed by atoms with Gasteiger partial charge in [-0.2, -0.15) is 18.4 Å². The fraction of sp³-hybridized carbons (Fsp3) is 0.381. The Kier molecular flexibility index (Phi) is 8.10. The average molecular weight is 570 g/mol. The first-order valence-electron chi connectivity index (χ1n) is 10.8. The van der Waals surface area contributed by atoms with E-state index in [2.05, 4.69) is 19.7 Å². The Labute approximate surface area is 221 Å². The summed E-state index contributed by atoms with van der Waals surface area (Å²) < 4.78 is 63.3. The Balaban J connectivity index is 1.74. The molecule has 4 atom stereocenters. The monoisotopic (exact) mass is 569 g/mol. The second kappa shape index (κ2) is 11.3. The van der Waals surface area contributed by atoms with Crippen LogP contribution in [0.1, 0.15) is 6.23 Å². The van der Waals surface area contributed by atoms with Gasteiger partial charge in [-0.25, -0.2) is 9.78 Å². The normalized spacial score (nSPS) is 21.1. The fourth-order valence-electron chi connectivity index (χ4n) is 3.67. The van der Waals surface area contributed by atoms with Crippen LogP contribution in [0.25, 0.3) is 11.2 Å². The summed E-state index contributed by atoms with van der Waals surface area (Å²) >= 11 is 5.27. The molecule has 3 aromatic rings. The molecular formula is C21H23N5O10S2. The van der Waals surface area contributed by atoms with E-state index < -0.39 is 47.4 Å². The number of nitrogens with zero attached hydrogens (tertiary/aromatic N) is 4. The molecule has 38 heavy (non-hydrogen) atoms. The number of ether oxygens (including phenoxy) is 6. The Morgan fingerprint density at radius 3 is 2.58 bits per heavy atom. The van der Waals surface area contributed by atoms with Crippen LogP contribution in [0.15, 0.2) is 36.7 Å². The standard InChI is InChI=1S/C21H23N5O10S2/c1-30-17-13-16(24-19(22)25-17)26(10-23-13)18-15(35-21(37)33-11-7-5-4-6-8-11)14(36-38(3,28)29)12(34-18)9-32-20(27)31-2/h4-8,10,12,14-15,18H,9H2,1-3H3,(H2,22,24,25)/t12-,14+,15-,18-/m1/s1. The second-order valence-electron chi connectivity index (χ2n) is 7.76. The molecule has 0 unspecified atom stereocenters. The zero-order chi connectivity index (χ0) is 27.4. The van der Waals surface area contributed by atoms with Crippen molar-refractivity contribution in [2.24, 2.45) is 0 Å². The number of fused-ring (bicyclic) bond motifs is 1. The molecule has 0 saturated carbocycles. The van der Waals surface area contributed by atoms with Gasteiger partial charge in [-0.15, -0.1) is 0 Å². The summed E-state index contributed by atoms with van der Waals surface area (Å²) in [5, 5.41) is -0.359. The lowest BCUT2D eigenvalue weighted by Crippen LogP contribution is -2.41. The van der Waals surface area contributed by atoms with Gasteiger partial charge < -0.3 is 34.2 Å². The number of thiocarbonyl (C=S) groups is 1. The number of methoxy groups -OCH3 is 2. The Morgan fingerprint density at radius 2 is 1.92 bits per heavy atom.